The van der Waals surface area contributed by atoms with E-state index in [2.05, 4.69) is 10.5 Å². The van der Waals surface area contributed by atoms with Gasteiger partial charge in [-0.25, -0.2) is 5.43 Å². The molecule has 0 radical (unpaired) electrons. The first-order valence-electron chi connectivity index (χ1n) is 15.2. The van der Waals surface area contributed by atoms with Gasteiger partial charge in [-0.2, -0.15) is 5.10 Å². The number of amides is 1. The molecule has 6 atom stereocenters. The van der Waals surface area contributed by atoms with Crippen LogP contribution in [0.4, 0.5) is 0 Å². The number of ketones is 2. The van der Waals surface area contributed by atoms with Gasteiger partial charge < -0.3 is 40.4 Å². The lowest BCUT2D eigenvalue weighted by molar-refractivity contribution is -0.245. The summed E-state index contributed by atoms with van der Waals surface area (Å²) in [5.41, 5.74) is 5.83. The summed E-state index contributed by atoms with van der Waals surface area (Å²) < 4.78 is 17.5. The van der Waals surface area contributed by atoms with Gasteiger partial charge in [0, 0.05) is 52.6 Å². The Morgan fingerprint density at radius 2 is 1.76 bits per heavy atom. The van der Waals surface area contributed by atoms with Crippen LogP contribution in [0, 0.1) is 0 Å². The van der Waals surface area contributed by atoms with Crippen molar-refractivity contribution in [3.63, 3.8) is 0 Å². The molecule has 0 bridgehead atoms. The molecule has 6 rings (SSSR count). The molecule has 13 nitrogen and oxygen atoms in total. The Morgan fingerprint density at radius 3 is 2.41 bits per heavy atom. The first-order chi connectivity index (χ1) is 22.7. The molecule has 0 aromatic heterocycles. The predicted molar refractivity (Wildman–Crippen MR) is 179 cm³/mol. The fourth-order valence-corrected chi connectivity index (χ4v) is 6.70. The summed E-state index contributed by atoms with van der Waals surface area (Å²) in [5, 5.41) is 50.4. The lowest BCUT2D eigenvalue weighted by Crippen LogP contribution is -2.52. The first-order valence-corrected chi connectivity index (χ1v) is 15.6. The second-order valence-electron chi connectivity index (χ2n) is 12.2. The number of hydrogen-bond donors (Lipinski definition) is 6. The van der Waals surface area contributed by atoms with Crippen molar-refractivity contribution >= 4 is 47.2 Å². The average Bonchev–Trinajstić information content (AvgIpc) is 3.06. The van der Waals surface area contributed by atoms with E-state index in [1.165, 1.54) is 56.5 Å². The molecular formula is C34H35Cl2N3O10. The molecular weight excluding hydrogens is 681 g/mol. The minimum absolute atomic E-state index is 0. The molecule has 1 aliphatic heterocycles. The van der Waals surface area contributed by atoms with Crippen LogP contribution < -0.4 is 15.9 Å². The van der Waals surface area contributed by atoms with Gasteiger partial charge in [0.25, 0.3) is 5.91 Å². The van der Waals surface area contributed by atoms with Gasteiger partial charge >= 0.3 is 0 Å². The fourth-order valence-electron chi connectivity index (χ4n) is 6.57. The van der Waals surface area contributed by atoms with Gasteiger partial charge in [0.15, 0.2) is 12.1 Å². The highest BCUT2D eigenvalue weighted by Crippen LogP contribution is 2.52. The molecule has 4 unspecified atom stereocenters. The number of carbonyl (C=O) groups is 3. The molecule has 1 fully saturated rings. The predicted octanol–water partition coefficient (Wildman–Crippen LogP) is 3.32. The third-order valence-corrected chi connectivity index (χ3v) is 9.50. The van der Waals surface area contributed by atoms with Gasteiger partial charge in [-0.15, -0.1) is 12.4 Å². The van der Waals surface area contributed by atoms with E-state index in [0.717, 1.165) is 0 Å². The number of phenols is 2. The number of methoxy groups -OCH3 is 1. The minimum Gasteiger partial charge on any atom is -0.507 e. The number of halogens is 2. The van der Waals surface area contributed by atoms with Crippen molar-refractivity contribution in [3.05, 3.63) is 86.4 Å². The van der Waals surface area contributed by atoms with Crippen LogP contribution in [0.15, 0.2) is 47.6 Å². The third kappa shape index (κ3) is 6.27. The van der Waals surface area contributed by atoms with E-state index < -0.39 is 76.3 Å². The standard InChI is InChI=1S/C34H34ClN3O10.ClH/c1-14-28(39)20(36)11-23(47-14)48-22-13-34(45,15(2)37-38-33(44)16-7-9-17(35)10-8-16)12-19-25(22)32(43)27-26(30(19)41)29(40)18-5-4-6-21(46-3)24(18)31(27)42;/h4-10,14,20,22-23,28,39,41,43,45H,11-13,36H2,1-3H3,(H,38,44);1H/t14?,20?,22-,23?,28?,34-;/m0./s1. The van der Waals surface area contributed by atoms with E-state index in [1.807, 2.05) is 0 Å². The lowest BCUT2D eigenvalue weighted by atomic mass is 9.71. The molecule has 0 spiro atoms. The van der Waals surface area contributed by atoms with Crippen LogP contribution in [0.2, 0.25) is 5.02 Å². The van der Waals surface area contributed by atoms with Crippen molar-refractivity contribution in [1.29, 1.82) is 0 Å². The topological polar surface area (TPSA) is 210 Å². The molecule has 3 aliphatic rings. The number of hydrazone groups is 1. The van der Waals surface area contributed by atoms with Gasteiger partial charge in [-0.05, 0) is 44.2 Å². The summed E-state index contributed by atoms with van der Waals surface area (Å²) >= 11 is 5.92. The molecule has 2 aliphatic carbocycles. The lowest BCUT2D eigenvalue weighted by Gasteiger charge is -2.42. The van der Waals surface area contributed by atoms with Crippen molar-refractivity contribution in [2.24, 2.45) is 10.8 Å². The minimum atomic E-state index is -1.91. The molecule has 1 saturated heterocycles. The summed E-state index contributed by atoms with van der Waals surface area (Å²) in [4.78, 5) is 40.5. The number of nitrogens with zero attached hydrogens (tertiary/aromatic N) is 1. The number of rotatable bonds is 6. The molecule has 0 saturated carbocycles. The van der Waals surface area contributed by atoms with E-state index in [1.54, 1.807) is 6.92 Å². The summed E-state index contributed by atoms with van der Waals surface area (Å²) in [6.07, 6.45) is -4.60. The maximum atomic E-state index is 13.9. The van der Waals surface area contributed by atoms with Crippen LogP contribution in [-0.2, 0) is 15.9 Å². The Kier molecular flexibility index (Phi) is 10.1. The zero-order valence-electron chi connectivity index (χ0n) is 26.6. The number of nitrogens with two attached hydrogens (primary N) is 1. The highest BCUT2D eigenvalue weighted by atomic mass is 35.5. The second-order valence-corrected chi connectivity index (χ2v) is 12.7. The van der Waals surface area contributed by atoms with E-state index in [-0.39, 0.29) is 70.9 Å². The van der Waals surface area contributed by atoms with Crippen LogP contribution in [0.1, 0.15) is 86.1 Å². The molecule has 3 aromatic rings. The van der Waals surface area contributed by atoms with Crippen LogP contribution in [0.25, 0.3) is 0 Å². The normalized spacial score (nSPS) is 26.2. The molecule has 49 heavy (non-hydrogen) atoms. The van der Waals surface area contributed by atoms with Gasteiger partial charge in [0.2, 0.25) is 5.78 Å². The SMILES string of the molecule is COc1cccc2c1C(=O)c1c(O)c3c(c(O)c1C2=O)C[C@@](O)(C(C)=NNC(=O)c1ccc(Cl)cc1)C[C@@H]3OC1CC(N)C(O)C(C)O1.Cl. The number of aromatic hydroxyl groups is 2. The highest BCUT2D eigenvalue weighted by Gasteiger charge is 2.49. The average molecular weight is 717 g/mol. The van der Waals surface area contributed by atoms with Gasteiger partial charge in [0.05, 0.1) is 47.8 Å². The van der Waals surface area contributed by atoms with Crippen molar-refractivity contribution in [2.75, 3.05) is 7.11 Å². The van der Waals surface area contributed by atoms with Crippen LogP contribution >= 0.6 is 24.0 Å². The zero-order chi connectivity index (χ0) is 34.7. The van der Waals surface area contributed by atoms with Gasteiger partial charge in [-0.1, -0.05) is 23.7 Å². The molecule has 1 amide bonds. The smallest absolute Gasteiger partial charge is 0.271 e. The van der Waals surface area contributed by atoms with Crippen LogP contribution in [0.3, 0.4) is 0 Å². The molecule has 3 aromatic carbocycles. The molecule has 1 heterocycles. The number of aliphatic hydroxyl groups is 2. The molecule has 260 valence electrons. The van der Waals surface area contributed by atoms with Crippen LogP contribution in [0.5, 0.6) is 17.2 Å². The summed E-state index contributed by atoms with van der Waals surface area (Å²) in [5.74, 6) is -3.19. The van der Waals surface area contributed by atoms with Crippen LogP contribution in [-0.4, -0.2) is 80.9 Å². The third-order valence-electron chi connectivity index (χ3n) is 9.25. The van der Waals surface area contributed by atoms with Gasteiger partial charge in [0.1, 0.15) is 22.8 Å². The van der Waals surface area contributed by atoms with E-state index in [0.29, 0.717) is 5.02 Å². The first kappa shape index (κ1) is 36.2. The number of hydrogen-bond acceptors (Lipinski definition) is 12. The van der Waals surface area contributed by atoms with Crippen molar-refractivity contribution < 1.29 is 49.0 Å². The maximum absolute atomic E-state index is 13.9. The number of ether oxygens (including phenoxy) is 3. The van der Waals surface area contributed by atoms with E-state index >= 15 is 0 Å². The van der Waals surface area contributed by atoms with Crippen molar-refractivity contribution in [2.45, 2.75) is 69.4 Å². The Bertz CT molecular complexity index is 1860. The Morgan fingerprint density at radius 1 is 1.08 bits per heavy atom. The summed E-state index contributed by atoms with van der Waals surface area (Å²) in [7, 11) is 1.34. The maximum Gasteiger partial charge on any atom is 0.271 e. The number of fused-ring (bicyclic) bond motifs is 3. The fraction of sp³-hybridized carbons (Fsp3) is 0.353. The largest absolute Gasteiger partial charge is 0.507 e. The summed E-state index contributed by atoms with van der Waals surface area (Å²) in [6.45, 7) is 3.07. The number of aliphatic hydroxyl groups excluding tert-OH is 1. The Labute approximate surface area is 292 Å². The highest BCUT2D eigenvalue weighted by molar-refractivity contribution is 6.31. The zero-order valence-corrected chi connectivity index (χ0v) is 28.2. The Balaban J connectivity index is 0.00000468. The number of phenolic OH excluding ortho intramolecular Hbond substituents is 2. The number of carbonyl (C=O) groups excluding carboxylic acids is 3. The molecule has 15 heteroatoms. The number of benzene rings is 3. The summed E-state index contributed by atoms with van der Waals surface area (Å²) in [6, 6.07) is 9.80. The monoisotopic (exact) mass is 715 g/mol. The van der Waals surface area contributed by atoms with Gasteiger partial charge in [-0.3, -0.25) is 14.4 Å². The number of nitrogens with one attached hydrogen (secondary N) is 1. The second kappa shape index (κ2) is 13.7. The molecule has 7 N–H and O–H groups in total. The van der Waals surface area contributed by atoms with E-state index in [4.69, 9.17) is 31.5 Å². The Hall–Kier alpha value is -4.08. The van der Waals surface area contributed by atoms with Crippen molar-refractivity contribution in [1.82, 2.24) is 5.43 Å². The quantitative estimate of drug-likeness (QED) is 0.0969. The van der Waals surface area contributed by atoms with Crippen molar-refractivity contribution in [3.8, 4) is 17.2 Å². The van der Waals surface area contributed by atoms with E-state index in [9.17, 15) is 34.8 Å².